The lowest BCUT2D eigenvalue weighted by molar-refractivity contribution is -0.384. The van der Waals surface area contributed by atoms with Crippen molar-refractivity contribution in [1.82, 2.24) is 4.72 Å². The molecule has 0 unspecified atom stereocenters. The molecule has 0 bridgehead atoms. The molecule has 1 aromatic rings. The lowest BCUT2D eigenvalue weighted by atomic mass is 10.1. The minimum Gasteiger partial charge on any atom is -0.481 e. The molecule has 0 fully saturated rings. The van der Waals surface area contributed by atoms with E-state index in [-0.39, 0.29) is 37.2 Å². The first-order chi connectivity index (χ1) is 9.80. The Morgan fingerprint density at radius 1 is 1.29 bits per heavy atom. The van der Waals surface area contributed by atoms with Gasteiger partial charge in [-0.1, -0.05) is 12.1 Å². The van der Waals surface area contributed by atoms with Gasteiger partial charge in [0.2, 0.25) is 10.0 Å². The Morgan fingerprint density at radius 2 is 1.90 bits per heavy atom. The van der Waals surface area contributed by atoms with Crippen molar-refractivity contribution in [3.8, 4) is 0 Å². The molecular weight excluding hydrogens is 300 g/mol. The highest BCUT2D eigenvalue weighted by Gasteiger charge is 2.11. The Morgan fingerprint density at radius 3 is 2.43 bits per heavy atom. The van der Waals surface area contributed by atoms with E-state index in [4.69, 9.17) is 5.11 Å². The van der Waals surface area contributed by atoms with Crippen molar-refractivity contribution in [1.29, 1.82) is 0 Å². The zero-order chi connectivity index (χ0) is 15.9. The minimum absolute atomic E-state index is 0.0478. The number of non-ortho nitro benzene ring substituents is 1. The van der Waals surface area contributed by atoms with E-state index in [1.807, 2.05) is 0 Å². The summed E-state index contributed by atoms with van der Waals surface area (Å²) < 4.78 is 25.6. The van der Waals surface area contributed by atoms with Crippen LogP contribution in [-0.2, 0) is 21.2 Å². The van der Waals surface area contributed by atoms with Crippen LogP contribution in [0.1, 0.15) is 18.4 Å². The van der Waals surface area contributed by atoms with Gasteiger partial charge in [-0.3, -0.25) is 14.9 Å². The van der Waals surface area contributed by atoms with Crippen LogP contribution in [0, 0.1) is 10.1 Å². The van der Waals surface area contributed by atoms with Crippen LogP contribution in [0.25, 0.3) is 0 Å². The maximum absolute atomic E-state index is 11.7. The van der Waals surface area contributed by atoms with Crippen molar-refractivity contribution in [3.05, 3.63) is 39.9 Å². The average Bonchev–Trinajstić information content (AvgIpc) is 2.42. The number of hydrogen-bond donors (Lipinski definition) is 2. The van der Waals surface area contributed by atoms with Gasteiger partial charge in [-0.05, 0) is 18.4 Å². The molecule has 0 amide bonds. The summed E-state index contributed by atoms with van der Waals surface area (Å²) in [5, 5.41) is 18.9. The van der Waals surface area contributed by atoms with Gasteiger partial charge in [-0.15, -0.1) is 0 Å². The lowest BCUT2D eigenvalue weighted by Gasteiger charge is -2.06. The van der Waals surface area contributed by atoms with Crippen molar-refractivity contribution < 1.29 is 23.2 Å². The van der Waals surface area contributed by atoms with E-state index in [0.29, 0.717) is 5.56 Å². The zero-order valence-electron chi connectivity index (χ0n) is 11.2. The SMILES string of the molecule is O=C(O)CCCNS(=O)(=O)CCc1ccc([N+](=O)[O-])cc1. The van der Waals surface area contributed by atoms with Gasteiger partial charge in [0, 0.05) is 25.1 Å². The summed E-state index contributed by atoms with van der Waals surface area (Å²) in [5.41, 5.74) is 0.630. The molecule has 9 heteroatoms. The number of aliphatic carboxylic acids is 1. The van der Waals surface area contributed by atoms with Gasteiger partial charge < -0.3 is 5.11 Å². The second-order valence-corrected chi connectivity index (χ2v) is 6.31. The first-order valence-electron chi connectivity index (χ1n) is 6.22. The lowest BCUT2D eigenvalue weighted by Crippen LogP contribution is -2.28. The molecular formula is C12H16N2O6S. The molecule has 8 nitrogen and oxygen atoms in total. The predicted octanol–water partition coefficient (Wildman–Crippen LogP) is 0.921. The Hall–Kier alpha value is -2.00. The van der Waals surface area contributed by atoms with Crippen LogP contribution in [0.2, 0.25) is 0 Å². The van der Waals surface area contributed by atoms with E-state index in [2.05, 4.69) is 4.72 Å². The van der Waals surface area contributed by atoms with Crippen molar-refractivity contribution in [2.75, 3.05) is 12.3 Å². The fourth-order valence-electron chi connectivity index (χ4n) is 1.58. The summed E-state index contributed by atoms with van der Waals surface area (Å²) in [6.45, 7) is 0.0783. The van der Waals surface area contributed by atoms with E-state index < -0.39 is 20.9 Å². The summed E-state index contributed by atoms with van der Waals surface area (Å²) in [6, 6.07) is 5.67. The van der Waals surface area contributed by atoms with Gasteiger partial charge in [-0.2, -0.15) is 0 Å². The van der Waals surface area contributed by atoms with E-state index in [1.54, 1.807) is 0 Å². The zero-order valence-corrected chi connectivity index (χ0v) is 12.0. The molecule has 1 rings (SSSR count). The molecule has 0 heterocycles. The number of nitro groups is 1. The molecule has 0 radical (unpaired) electrons. The van der Waals surface area contributed by atoms with Crippen molar-refractivity contribution >= 4 is 21.7 Å². The summed E-state index contributed by atoms with van der Waals surface area (Å²) in [6.07, 6.45) is 0.364. The Labute approximate surface area is 122 Å². The number of benzene rings is 1. The second kappa shape index (κ2) is 7.70. The number of nitro benzene ring substituents is 1. The third kappa shape index (κ3) is 6.82. The van der Waals surface area contributed by atoms with Crippen molar-refractivity contribution in [2.24, 2.45) is 0 Å². The molecule has 0 spiro atoms. The second-order valence-electron chi connectivity index (χ2n) is 4.38. The molecule has 116 valence electrons. The number of rotatable bonds is 9. The molecule has 0 atom stereocenters. The molecule has 0 aliphatic heterocycles. The first-order valence-corrected chi connectivity index (χ1v) is 7.88. The Kier molecular flexibility index (Phi) is 6.25. The molecule has 0 aromatic heterocycles. The maximum Gasteiger partial charge on any atom is 0.303 e. The average molecular weight is 316 g/mol. The van der Waals surface area contributed by atoms with E-state index >= 15 is 0 Å². The largest absolute Gasteiger partial charge is 0.481 e. The summed E-state index contributed by atoms with van der Waals surface area (Å²) in [4.78, 5) is 20.2. The van der Waals surface area contributed by atoms with E-state index in [9.17, 15) is 23.3 Å². The Balaban J connectivity index is 2.42. The van der Waals surface area contributed by atoms with Crippen LogP contribution < -0.4 is 4.72 Å². The molecule has 0 aliphatic carbocycles. The number of sulfonamides is 1. The number of carboxylic acids is 1. The monoisotopic (exact) mass is 316 g/mol. The maximum atomic E-state index is 11.7. The topological polar surface area (TPSA) is 127 Å². The van der Waals surface area contributed by atoms with Gasteiger partial charge >= 0.3 is 5.97 Å². The number of nitrogens with zero attached hydrogens (tertiary/aromatic N) is 1. The predicted molar refractivity (Wildman–Crippen MR) is 75.5 cm³/mol. The van der Waals surface area contributed by atoms with Gasteiger partial charge in [0.05, 0.1) is 10.7 Å². The molecule has 0 saturated carbocycles. The highest BCUT2D eigenvalue weighted by atomic mass is 32.2. The number of aryl methyl sites for hydroxylation is 1. The van der Waals surface area contributed by atoms with Crippen LogP contribution in [-0.4, -0.2) is 36.7 Å². The van der Waals surface area contributed by atoms with Gasteiger partial charge in [0.15, 0.2) is 0 Å². The highest BCUT2D eigenvalue weighted by molar-refractivity contribution is 7.89. The smallest absolute Gasteiger partial charge is 0.303 e. The molecule has 21 heavy (non-hydrogen) atoms. The summed E-state index contributed by atoms with van der Waals surface area (Å²) in [7, 11) is -3.48. The van der Waals surface area contributed by atoms with Gasteiger partial charge in [0.25, 0.3) is 5.69 Å². The van der Waals surface area contributed by atoms with Gasteiger partial charge in [-0.25, -0.2) is 13.1 Å². The summed E-state index contributed by atoms with van der Waals surface area (Å²) in [5.74, 6) is -1.13. The van der Waals surface area contributed by atoms with Crippen LogP contribution in [0.3, 0.4) is 0 Å². The van der Waals surface area contributed by atoms with Crippen LogP contribution >= 0.6 is 0 Å². The third-order valence-corrected chi connectivity index (χ3v) is 4.08. The number of hydrogen-bond acceptors (Lipinski definition) is 5. The molecule has 0 aliphatic rings. The van der Waals surface area contributed by atoms with Gasteiger partial charge in [0.1, 0.15) is 0 Å². The fourth-order valence-corrected chi connectivity index (χ4v) is 2.68. The number of nitrogens with one attached hydrogen (secondary N) is 1. The highest BCUT2D eigenvalue weighted by Crippen LogP contribution is 2.12. The normalized spacial score (nSPS) is 11.2. The quantitative estimate of drug-likeness (QED) is 0.396. The number of carboxylic acid groups (broad SMARTS) is 1. The molecule has 0 saturated heterocycles. The summed E-state index contributed by atoms with van der Waals surface area (Å²) >= 11 is 0. The Bertz CT molecular complexity index is 597. The van der Waals surface area contributed by atoms with E-state index in [0.717, 1.165) is 0 Å². The fraction of sp³-hybridized carbons (Fsp3) is 0.417. The van der Waals surface area contributed by atoms with Crippen molar-refractivity contribution in [2.45, 2.75) is 19.3 Å². The minimum atomic E-state index is -3.48. The van der Waals surface area contributed by atoms with Crippen LogP contribution in [0.5, 0.6) is 0 Å². The number of carbonyl (C=O) groups is 1. The standard InChI is InChI=1S/C12H16N2O6S/c15-12(16)2-1-8-13-21(19,20)9-7-10-3-5-11(6-4-10)14(17)18/h3-6,13H,1-2,7-9H2,(H,15,16). The molecule has 1 aromatic carbocycles. The van der Waals surface area contributed by atoms with Crippen molar-refractivity contribution in [3.63, 3.8) is 0 Å². The van der Waals surface area contributed by atoms with E-state index in [1.165, 1.54) is 24.3 Å². The first kappa shape index (κ1) is 17.1. The van der Waals surface area contributed by atoms with Crippen LogP contribution in [0.15, 0.2) is 24.3 Å². The third-order valence-electron chi connectivity index (χ3n) is 2.70. The molecule has 2 N–H and O–H groups in total. The van der Waals surface area contributed by atoms with Crippen LogP contribution in [0.4, 0.5) is 5.69 Å².